The Morgan fingerprint density at radius 1 is 0.973 bits per heavy atom. The van der Waals surface area contributed by atoms with Crippen LogP contribution in [0, 0.1) is 12.7 Å². The number of rotatable bonds is 5. The molecule has 0 unspecified atom stereocenters. The number of aryl methyl sites for hydroxylation is 1. The number of amides is 3. The van der Waals surface area contributed by atoms with Crippen LogP contribution in [-0.2, 0) is 11.3 Å². The molecule has 5 rings (SSSR count). The summed E-state index contributed by atoms with van der Waals surface area (Å²) in [6.45, 7) is 2.11. The second-order valence-corrected chi connectivity index (χ2v) is 8.63. The van der Waals surface area contributed by atoms with Gasteiger partial charge in [-0.3, -0.25) is 9.78 Å². The topological polar surface area (TPSA) is 86.7 Å². The van der Waals surface area contributed by atoms with Crippen LogP contribution >= 0.6 is 0 Å². The third kappa shape index (κ3) is 5.23. The average Bonchev–Trinajstić information content (AvgIpc) is 3.00. The average molecular weight is 494 g/mol. The molecular weight excluding hydrogens is 469 g/mol. The van der Waals surface area contributed by atoms with E-state index in [1.54, 1.807) is 71.9 Å². The number of halogens is 1. The fourth-order valence-corrected chi connectivity index (χ4v) is 4.24. The third-order valence-corrected chi connectivity index (χ3v) is 5.94. The van der Waals surface area contributed by atoms with Gasteiger partial charge in [-0.2, -0.15) is 0 Å². The van der Waals surface area contributed by atoms with E-state index in [4.69, 9.17) is 0 Å². The smallest absolute Gasteiger partial charge is 0.308 e. The van der Waals surface area contributed by atoms with Crippen molar-refractivity contribution in [1.82, 2.24) is 10.3 Å². The molecule has 2 heterocycles. The first-order valence-electron chi connectivity index (χ1n) is 11.8. The number of benzene rings is 3. The maximum atomic E-state index is 15.0. The number of nitrogens with zero attached hydrogens (tertiary/aromatic N) is 3. The predicted octanol–water partition coefficient (Wildman–Crippen LogP) is 5.06. The molecule has 7 nitrogen and oxygen atoms in total. The quantitative estimate of drug-likeness (QED) is 0.407. The monoisotopic (exact) mass is 493 g/mol. The highest BCUT2D eigenvalue weighted by Gasteiger charge is 2.33. The molecule has 0 aliphatic carbocycles. The normalized spacial score (nSPS) is 14.9. The van der Waals surface area contributed by atoms with Crippen molar-refractivity contribution >= 4 is 29.0 Å². The molecule has 184 valence electrons. The number of aromatic nitrogens is 1. The lowest BCUT2D eigenvalue weighted by molar-refractivity contribution is -0.120. The maximum absolute atomic E-state index is 15.0. The number of nitrogens with one attached hydrogen (secondary N) is 2. The van der Waals surface area contributed by atoms with E-state index >= 15 is 0 Å². The van der Waals surface area contributed by atoms with Crippen molar-refractivity contribution in [2.75, 3.05) is 10.2 Å². The SMILES string of the molecule is Cc1cccc(NC(=O)N[C@@H]2N=C(c3ccccc3F)c3ccccc3N(Cc3cccnc3)C2=O)c1. The zero-order valence-electron chi connectivity index (χ0n) is 20.1. The summed E-state index contributed by atoms with van der Waals surface area (Å²) in [5, 5.41) is 5.43. The summed E-state index contributed by atoms with van der Waals surface area (Å²) in [4.78, 5) is 37.1. The van der Waals surface area contributed by atoms with E-state index in [0.29, 0.717) is 16.9 Å². The summed E-state index contributed by atoms with van der Waals surface area (Å²) in [6, 6.07) is 23.8. The van der Waals surface area contributed by atoms with Crippen LogP contribution in [0.4, 0.5) is 20.6 Å². The summed E-state index contributed by atoms with van der Waals surface area (Å²) in [7, 11) is 0. The van der Waals surface area contributed by atoms with E-state index in [-0.39, 0.29) is 17.8 Å². The van der Waals surface area contributed by atoms with Crippen molar-refractivity contribution in [3.05, 3.63) is 125 Å². The molecule has 8 heteroatoms. The number of anilines is 2. The molecule has 3 aromatic carbocycles. The lowest BCUT2D eigenvalue weighted by Gasteiger charge is -2.25. The Morgan fingerprint density at radius 2 is 1.76 bits per heavy atom. The van der Waals surface area contributed by atoms with Crippen LogP contribution in [0.5, 0.6) is 0 Å². The zero-order chi connectivity index (χ0) is 25.8. The number of hydrogen-bond donors (Lipinski definition) is 2. The summed E-state index contributed by atoms with van der Waals surface area (Å²) in [5.41, 5.74) is 3.99. The predicted molar refractivity (Wildman–Crippen MR) is 141 cm³/mol. The minimum atomic E-state index is -1.30. The van der Waals surface area contributed by atoms with Gasteiger partial charge in [-0.05, 0) is 54.4 Å². The fourth-order valence-electron chi connectivity index (χ4n) is 4.24. The summed E-state index contributed by atoms with van der Waals surface area (Å²) in [5.74, 6) is -0.936. The summed E-state index contributed by atoms with van der Waals surface area (Å²) >= 11 is 0. The minimum Gasteiger partial charge on any atom is -0.308 e. The van der Waals surface area contributed by atoms with E-state index < -0.39 is 23.9 Å². The molecule has 0 radical (unpaired) electrons. The Hall–Kier alpha value is -4.85. The van der Waals surface area contributed by atoms with Gasteiger partial charge in [0, 0.05) is 29.2 Å². The number of para-hydroxylation sites is 1. The zero-order valence-corrected chi connectivity index (χ0v) is 20.1. The molecule has 1 atom stereocenters. The van der Waals surface area contributed by atoms with Gasteiger partial charge in [0.2, 0.25) is 6.17 Å². The molecule has 0 bridgehead atoms. The number of carbonyl (C=O) groups is 2. The lowest BCUT2D eigenvalue weighted by Crippen LogP contribution is -2.48. The van der Waals surface area contributed by atoms with E-state index in [1.165, 1.54) is 6.07 Å². The molecule has 0 saturated carbocycles. The van der Waals surface area contributed by atoms with Crippen LogP contribution in [0.25, 0.3) is 0 Å². The van der Waals surface area contributed by atoms with E-state index in [9.17, 15) is 14.0 Å². The number of aliphatic imine (C=N–C) groups is 1. The van der Waals surface area contributed by atoms with Crippen molar-refractivity contribution < 1.29 is 14.0 Å². The second kappa shape index (κ2) is 10.4. The first-order chi connectivity index (χ1) is 18.0. The third-order valence-electron chi connectivity index (χ3n) is 5.94. The van der Waals surface area contributed by atoms with Crippen molar-refractivity contribution in [2.45, 2.75) is 19.6 Å². The van der Waals surface area contributed by atoms with E-state index in [2.05, 4.69) is 20.6 Å². The number of benzodiazepines with no additional fused rings is 1. The molecular formula is C29H24FN5O2. The Labute approximate surface area is 213 Å². The molecule has 1 aliphatic rings. The van der Waals surface area contributed by atoms with E-state index in [1.807, 2.05) is 31.2 Å². The van der Waals surface area contributed by atoms with Gasteiger partial charge in [-0.25, -0.2) is 14.2 Å². The van der Waals surface area contributed by atoms with Gasteiger partial charge < -0.3 is 15.5 Å². The van der Waals surface area contributed by atoms with Gasteiger partial charge >= 0.3 is 6.03 Å². The number of urea groups is 1. The Morgan fingerprint density at radius 3 is 2.51 bits per heavy atom. The van der Waals surface area contributed by atoms with Crippen LogP contribution < -0.4 is 15.5 Å². The van der Waals surface area contributed by atoms with Gasteiger partial charge in [-0.1, -0.05) is 48.5 Å². The highest BCUT2D eigenvalue weighted by atomic mass is 19.1. The molecule has 1 aromatic heterocycles. The highest BCUT2D eigenvalue weighted by molar-refractivity contribution is 6.20. The maximum Gasteiger partial charge on any atom is 0.321 e. The minimum absolute atomic E-state index is 0.196. The standard InChI is InChI=1S/C29H24FN5O2/c1-19-8-6-10-21(16-19)32-29(37)34-27-28(36)35(18-20-9-7-15-31-17-20)25-14-5-3-12-23(25)26(33-27)22-11-2-4-13-24(22)30/h2-17,27H,18H2,1H3,(H2,32,34,37)/t27-/m0/s1. The largest absolute Gasteiger partial charge is 0.321 e. The van der Waals surface area contributed by atoms with Crippen molar-refractivity contribution in [3.63, 3.8) is 0 Å². The van der Waals surface area contributed by atoms with Crippen LogP contribution in [0.3, 0.4) is 0 Å². The van der Waals surface area contributed by atoms with Gasteiger partial charge in [0.05, 0.1) is 17.9 Å². The first-order valence-corrected chi connectivity index (χ1v) is 11.8. The summed E-state index contributed by atoms with van der Waals surface area (Å²) < 4.78 is 15.0. The Balaban J connectivity index is 1.57. The number of pyridine rings is 1. The van der Waals surface area contributed by atoms with Gasteiger partial charge in [-0.15, -0.1) is 0 Å². The van der Waals surface area contributed by atoms with Crippen LogP contribution in [0.15, 0.2) is 102 Å². The molecule has 0 saturated heterocycles. The van der Waals surface area contributed by atoms with Crippen LogP contribution in [-0.4, -0.2) is 28.8 Å². The number of carbonyl (C=O) groups excluding carboxylic acids is 2. The van der Waals surface area contributed by atoms with Gasteiger partial charge in [0.15, 0.2) is 0 Å². The first kappa shape index (κ1) is 23.9. The lowest BCUT2D eigenvalue weighted by atomic mass is 9.99. The Kier molecular flexibility index (Phi) is 6.72. The second-order valence-electron chi connectivity index (χ2n) is 8.63. The summed E-state index contributed by atoms with van der Waals surface area (Å²) in [6.07, 6.45) is 2.02. The van der Waals surface area contributed by atoms with Gasteiger partial charge in [0.1, 0.15) is 5.82 Å². The molecule has 4 aromatic rings. The molecule has 0 spiro atoms. The Bertz CT molecular complexity index is 1490. The molecule has 2 N–H and O–H groups in total. The fraction of sp³-hybridized carbons (Fsp3) is 0.103. The number of hydrogen-bond acceptors (Lipinski definition) is 4. The molecule has 0 fully saturated rings. The van der Waals surface area contributed by atoms with Crippen molar-refractivity contribution in [1.29, 1.82) is 0 Å². The molecule has 37 heavy (non-hydrogen) atoms. The van der Waals surface area contributed by atoms with Crippen molar-refractivity contribution in [3.8, 4) is 0 Å². The van der Waals surface area contributed by atoms with Crippen LogP contribution in [0.2, 0.25) is 0 Å². The highest BCUT2D eigenvalue weighted by Crippen LogP contribution is 2.30. The van der Waals surface area contributed by atoms with E-state index in [0.717, 1.165) is 11.1 Å². The molecule has 1 aliphatic heterocycles. The van der Waals surface area contributed by atoms with Gasteiger partial charge in [0.25, 0.3) is 5.91 Å². The van der Waals surface area contributed by atoms with Crippen molar-refractivity contribution in [2.24, 2.45) is 4.99 Å². The van der Waals surface area contributed by atoms with Crippen LogP contribution in [0.1, 0.15) is 22.3 Å². The molecule has 3 amide bonds. The number of fused-ring (bicyclic) bond motifs is 1.